The lowest BCUT2D eigenvalue weighted by Crippen LogP contribution is -2.26. The molecule has 0 amide bonds. The summed E-state index contributed by atoms with van der Waals surface area (Å²) in [7, 11) is 0. The summed E-state index contributed by atoms with van der Waals surface area (Å²) >= 11 is 0. The summed E-state index contributed by atoms with van der Waals surface area (Å²) in [5.41, 5.74) is -0.830. The van der Waals surface area contributed by atoms with Crippen LogP contribution >= 0.6 is 0 Å². The fourth-order valence-electron chi connectivity index (χ4n) is 2.68. The number of hydrogen-bond acceptors (Lipinski definition) is 1. The second-order valence-electron chi connectivity index (χ2n) is 5.45. The molecule has 1 fully saturated rings. The largest absolute Gasteiger partial charge is 0.378 e. The first-order chi connectivity index (χ1) is 7.04. The van der Waals surface area contributed by atoms with E-state index in [-0.39, 0.29) is 0 Å². The second-order valence-corrected chi connectivity index (χ2v) is 5.45. The molecule has 3 aliphatic carbocycles. The normalized spacial score (nSPS) is 33.7. The summed E-state index contributed by atoms with van der Waals surface area (Å²) in [5, 5.41) is 9.49. The van der Waals surface area contributed by atoms with E-state index < -0.39 is 5.60 Å². The van der Waals surface area contributed by atoms with Crippen molar-refractivity contribution in [3.8, 4) is 11.8 Å². The summed E-state index contributed by atoms with van der Waals surface area (Å²) in [6.07, 6.45) is 9.74. The zero-order valence-corrected chi connectivity index (χ0v) is 9.66. The fraction of sp³-hybridized carbons (Fsp3) is 0.714. The van der Waals surface area contributed by atoms with E-state index in [1.807, 2.05) is 0 Å². The summed E-state index contributed by atoms with van der Waals surface area (Å²) in [6, 6.07) is 0. The fourth-order valence-corrected chi connectivity index (χ4v) is 2.68. The van der Waals surface area contributed by atoms with Gasteiger partial charge in [0.05, 0.1) is 0 Å². The van der Waals surface area contributed by atoms with Crippen LogP contribution < -0.4 is 0 Å². The van der Waals surface area contributed by atoms with Crippen LogP contribution in [0.25, 0.3) is 0 Å². The summed E-state index contributed by atoms with van der Waals surface area (Å²) in [5.74, 6) is 8.36. The highest BCUT2D eigenvalue weighted by Gasteiger charge is 2.30. The highest BCUT2D eigenvalue weighted by atomic mass is 16.3. The second kappa shape index (κ2) is 4.02. The van der Waals surface area contributed by atoms with Gasteiger partial charge >= 0.3 is 0 Å². The topological polar surface area (TPSA) is 20.2 Å². The molecular formula is C14H20O. The maximum atomic E-state index is 9.49. The average molecular weight is 204 g/mol. The van der Waals surface area contributed by atoms with Gasteiger partial charge in [-0.1, -0.05) is 24.0 Å². The Morgan fingerprint density at radius 2 is 2.13 bits per heavy atom. The van der Waals surface area contributed by atoms with E-state index in [4.69, 9.17) is 0 Å². The van der Waals surface area contributed by atoms with Gasteiger partial charge in [-0.25, -0.2) is 0 Å². The number of aliphatic hydroxyl groups is 1. The third kappa shape index (κ3) is 2.86. The zero-order valence-electron chi connectivity index (χ0n) is 9.66. The Morgan fingerprint density at radius 3 is 2.60 bits per heavy atom. The van der Waals surface area contributed by atoms with Crippen molar-refractivity contribution in [1.82, 2.24) is 0 Å². The average Bonchev–Trinajstić information content (AvgIpc) is 2.17. The number of fused-ring (bicyclic) bond motifs is 2. The predicted molar refractivity (Wildman–Crippen MR) is 62.2 cm³/mol. The molecule has 0 radical (unpaired) electrons. The SMILES string of the molecule is CC(C)(O)C#CC[C@H]1C[C@H]2C=C[C@H]1CC2. The van der Waals surface area contributed by atoms with Crippen molar-refractivity contribution in [1.29, 1.82) is 0 Å². The minimum atomic E-state index is -0.830. The molecule has 3 aliphatic rings. The van der Waals surface area contributed by atoms with Crippen LogP contribution in [0.3, 0.4) is 0 Å². The molecule has 1 heteroatoms. The van der Waals surface area contributed by atoms with Crippen LogP contribution in [0.2, 0.25) is 0 Å². The Labute approximate surface area is 92.6 Å². The van der Waals surface area contributed by atoms with Crippen LogP contribution in [0.4, 0.5) is 0 Å². The number of hydrogen-bond donors (Lipinski definition) is 1. The lowest BCUT2D eigenvalue weighted by atomic mass is 9.68. The van der Waals surface area contributed by atoms with Crippen molar-refractivity contribution in [3.63, 3.8) is 0 Å². The molecule has 15 heavy (non-hydrogen) atoms. The van der Waals surface area contributed by atoms with Gasteiger partial charge < -0.3 is 5.11 Å². The third-order valence-electron chi connectivity index (χ3n) is 3.47. The maximum Gasteiger partial charge on any atom is 0.119 e. The van der Waals surface area contributed by atoms with Gasteiger partial charge in [-0.3, -0.25) is 0 Å². The van der Waals surface area contributed by atoms with Crippen LogP contribution in [-0.4, -0.2) is 10.7 Å². The molecule has 82 valence electrons. The molecule has 0 saturated heterocycles. The minimum absolute atomic E-state index is 0.739. The molecular weight excluding hydrogens is 184 g/mol. The molecule has 2 bridgehead atoms. The zero-order chi connectivity index (χ0) is 10.9. The Hall–Kier alpha value is -0.740. The molecule has 1 saturated carbocycles. The minimum Gasteiger partial charge on any atom is -0.378 e. The summed E-state index contributed by atoms with van der Waals surface area (Å²) < 4.78 is 0. The number of allylic oxidation sites excluding steroid dienone is 2. The highest BCUT2D eigenvalue weighted by Crippen LogP contribution is 2.41. The lowest BCUT2D eigenvalue weighted by Gasteiger charge is -2.37. The number of rotatable bonds is 1. The van der Waals surface area contributed by atoms with E-state index in [1.54, 1.807) is 13.8 Å². The Bertz CT molecular complexity index is 310. The molecule has 0 heterocycles. The van der Waals surface area contributed by atoms with E-state index in [2.05, 4.69) is 24.0 Å². The summed E-state index contributed by atoms with van der Waals surface area (Å²) in [6.45, 7) is 3.49. The Balaban J connectivity index is 1.91. The van der Waals surface area contributed by atoms with E-state index >= 15 is 0 Å². The lowest BCUT2D eigenvalue weighted by molar-refractivity contribution is 0.143. The van der Waals surface area contributed by atoms with Crippen molar-refractivity contribution in [2.75, 3.05) is 0 Å². The van der Waals surface area contributed by atoms with E-state index in [0.717, 1.165) is 24.2 Å². The van der Waals surface area contributed by atoms with E-state index in [0.29, 0.717) is 0 Å². The molecule has 0 aromatic heterocycles. The van der Waals surface area contributed by atoms with Crippen molar-refractivity contribution in [2.24, 2.45) is 17.8 Å². The van der Waals surface area contributed by atoms with E-state index in [9.17, 15) is 5.11 Å². The van der Waals surface area contributed by atoms with Gasteiger partial charge in [0.2, 0.25) is 0 Å². The standard InChI is InChI=1S/C14H20O/c1-14(2,15)9-3-4-13-10-11-5-7-12(13)8-6-11/h5,7,11-13,15H,4,6,8,10H2,1-2H3/t11-,12-,13-/m0/s1. The first kappa shape index (κ1) is 10.8. The van der Waals surface area contributed by atoms with Crippen molar-refractivity contribution in [2.45, 2.75) is 45.1 Å². The van der Waals surface area contributed by atoms with Crippen LogP contribution in [0.15, 0.2) is 12.2 Å². The molecule has 1 N–H and O–H groups in total. The smallest absolute Gasteiger partial charge is 0.119 e. The van der Waals surface area contributed by atoms with Gasteiger partial charge in [-0.05, 0) is 50.9 Å². The van der Waals surface area contributed by atoms with E-state index in [1.165, 1.54) is 19.3 Å². The van der Waals surface area contributed by atoms with Crippen LogP contribution in [0.1, 0.15) is 39.5 Å². The van der Waals surface area contributed by atoms with Gasteiger partial charge in [0.1, 0.15) is 5.60 Å². The van der Waals surface area contributed by atoms with Crippen LogP contribution in [0, 0.1) is 29.6 Å². The quantitative estimate of drug-likeness (QED) is 0.514. The first-order valence-corrected chi connectivity index (χ1v) is 5.95. The molecule has 0 spiro atoms. The van der Waals surface area contributed by atoms with Gasteiger partial charge in [-0.15, -0.1) is 0 Å². The molecule has 0 unspecified atom stereocenters. The molecule has 1 nitrogen and oxygen atoms in total. The van der Waals surface area contributed by atoms with Gasteiger partial charge in [0.15, 0.2) is 0 Å². The van der Waals surface area contributed by atoms with Gasteiger partial charge in [0.25, 0.3) is 0 Å². The maximum absolute atomic E-state index is 9.49. The molecule has 3 atom stereocenters. The Kier molecular flexibility index (Phi) is 2.89. The predicted octanol–water partition coefficient (Wildman–Crippen LogP) is 2.75. The van der Waals surface area contributed by atoms with Crippen LogP contribution in [0.5, 0.6) is 0 Å². The van der Waals surface area contributed by atoms with Crippen LogP contribution in [-0.2, 0) is 0 Å². The third-order valence-corrected chi connectivity index (χ3v) is 3.47. The molecule has 3 rings (SSSR count). The van der Waals surface area contributed by atoms with Gasteiger partial charge in [-0.2, -0.15) is 0 Å². The molecule has 0 aromatic rings. The molecule has 0 aliphatic heterocycles. The van der Waals surface area contributed by atoms with Crippen molar-refractivity contribution in [3.05, 3.63) is 12.2 Å². The van der Waals surface area contributed by atoms with Crippen molar-refractivity contribution >= 4 is 0 Å². The first-order valence-electron chi connectivity index (χ1n) is 5.95. The molecule has 0 aromatic carbocycles. The van der Waals surface area contributed by atoms with Gasteiger partial charge in [0, 0.05) is 6.42 Å². The monoisotopic (exact) mass is 204 g/mol. The Morgan fingerprint density at radius 1 is 1.33 bits per heavy atom. The highest BCUT2D eigenvalue weighted by molar-refractivity contribution is 5.13. The summed E-state index contributed by atoms with van der Waals surface area (Å²) in [4.78, 5) is 0. The van der Waals surface area contributed by atoms with Crippen molar-refractivity contribution < 1.29 is 5.11 Å².